The van der Waals surface area contributed by atoms with E-state index >= 15 is 0 Å². The number of anilines is 1. The van der Waals surface area contributed by atoms with Gasteiger partial charge < -0.3 is 15.3 Å². The fraction of sp³-hybridized carbons (Fsp3) is 0.438. The summed E-state index contributed by atoms with van der Waals surface area (Å²) in [6, 6.07) is 2.76. The minimum atomic E-state index is -3.33. The molecule has 1 saturated heterocycles. The molecule has 1 aromatic heterocycles. The molecule has 144 valence electrons. The van der Waals surface area contributed by atoms with Crippen LogP contribution in [0.4, 0.5) is 10.1 Å². The Morgan fingerprint density at radius 2 is 2.33 bits per heavy atom. The van der Waals surface area contributed by atoms with Crippen molar-refractivity contribution in [2.45, 2.75) is 24.9 Å². The molecule has 0 radical (unpaired) electrons. The minimum Gasteiger partial charge on any atom is -0.395 e. The van der Waals surface area contributed by atoms with Gasteiger partial charge in [0.2, 0.25) is 11.9 Å². The Balaban J connectivity index is 1.86. The highest BCUT2D eigenvalue weighted by Gasteiger charge is 2.44. The van der Waals surface area contributed by atoms with Crippen molar-refractivity contribution in [2.75, 3.05) is 19.0 Å². The van der Waals surface area contributed by atoms with Crippen LogP contribution in [0.2, 0.25) is 0 Å². The van der Waals surface area contributed by atoms with Gasteiger partial charge in [-0.1, -0.05) is 0 Å². The highest BCUT2D eigenvalue weighted by atomic mass is 32.2. The van der Waals surface area contributed by atoms with E-state index in [9.17, 15) is 18.5 Å². The van der Waals surface area contributed by atoms with Crippen molar-refractivity contribution in [1.82, 2.24) is 14.6 Å². The smallest absolute Gasteiger partial charge is 0.247 e. The number of aromatic nitrogens is 1. The summed E-state index contributed by atoms with van der Waals surface area (Å²) in [5.41, 5.74) is -0.0694. The Bertz CT molecular complexity index is 942. The van der Waals surface area contributed by atoms with Crippen LogP contribution >= 0.6 is 0 Å². The lowest BCUT2D eigenvalue weighted by atomic mass is 9.93. The molecule has 4 N–H and O–H groups in total. The maximum Gasteiger partial charge on any atom is 0.247 e. The zero-order chi connectivity index (χ0) is 19.8. The van der Waals surface area contributed by atoms with Gasteiger partial charge >= 0.3 is 0 Å². The number of hydrogen-bond donors (Lipinski definition) is 4. The molecule has 27 heavy (non-hydrogen) atoms. The molecule has 0 aliphatic carbocycles. The summed E-state index contributed by atoms with van der Waals surface area (Å²) in [6.07, 6.45) is 2.43. The van der Waals surface area contributed by atoms with Crippen molar-refractivity contribution in [3.63, 3.8) is 0 Å². The molecule has 3 unspecified atom stereocenters. The first-order valence-corrected chi connectivity index (χ1v) is 9.80. The van der Waals surface area contributed by atoms with Gasteiger partial charge in [0.15, 0.2) is 0 Å². The van der Waals surface area contributed by atoms with Gasteiger partial charge in [-0.15, -0.1) is 0 Å². The molecule has 11 heteroatoms. The molecule has 1 aromatic rings. The summed E-state index contributed by atoms with van der Waals surface area (Å²) in [4.78, 5) is 18.1. The van der Waals surface area contributed by atoms with Gasteiger partial charge in [0, 0.05) is 37.0 Å². The highest BCUT2D eigenvalue weighted by Crippen LogP contribution is 2.37. The number of nitriles is 1. The van der Waals surface area contributed by atoms with Crippen LogP contribution in [0.5, 0.6) is 0 Å². The Hall–Kier alpha value is -2.55. The van der Waals surface area contributed by atoms with Gasteiger partial charge in [-0.25, -0.2) is 18.7 Å². The third-order valence-corrected chi connectivity index (χ3v) is 6.41. The number of carbonyl (C=O) groups excluding carboxylic acids is 1. The van der Waals surface area contributed by atoms with Crippen LogP contribution in [0.15, 0.2) is 23.2 Å². The second-order valence-electron chi connectivity index (χ2n) is 6.54. The molecule has 0 aromatic carbocycles. The van der Waals surface area contributed by atoms with Crippen molar-refractivity contribution in [3.05, 3.63) is 34.9 Å². The van der Waals surface area contributed by atoms with Gasteiger partial charge in [0.1, 0.15) is 27.7 Å². The molecule has 3 rings (SSSR count). The fourth-order valence-corrected chi connectivity index (χ4v) is 5.27. The van der Waals surface area contributed by atoms with Gasteiger partial charge in [-0.2, -0.15) is 9.65 Å². The number of fused-ring (bicyclic) bond motifs is 1. The third kappa shape index (κ3) is 3.78. The zero-order valence-corrected chi connectivity index (χ0v) is 15.3. The second kappa shape index (κ2) is 7.22. The van der Waals surface area contributed by atoms with Crippen molar-refractivity contribution in [2.24, 2.45) is 5.92 Å². The Morgan fingerprint density at radius 1 is 1.59 bits per heavy atom. The van der Waals surface area contributed by atoms with Gasteiger partial charge in [0.25, 0.3) is 0 Å². The molecule has 1 fully saturated rings. The van der Waals surface area contributed by atoms with E-state index in [1.807, 2.05) is 0 Å². The number of aliphatic hydroxyl groups is 1. The third-order valence-electron chi connectivity index (χ3n) is 4.67. The lowest BCUT2D eigenvalue weighted by Gasteiger charge is -2.26. The monoisotopic (exact) mass is 394 g/mol. The predicted molar refractivity (Wildman–Crippen MR) is 94.8 cm³/mol. The summed E-state index contributed by atoms with van der Waals surface area (Å²) >= 11 is 0. The summed E-state index contributed by atoms with van der Waals surface area (Å²) < 4.78 is 37.0. The Morgan fingerprint density at radius 3 is 3.00 bits per heavy atom. The van der Waals surface area contributed by atoms with Crippen LogP contribution in [0.1, 0.15) is 18.5 Å². The van der Waals surface area contributed by atoms with Gasteiger partial charge in [-0.3, -0.25) is 4.79 Å². The van der Waals surface area contributed by atoms with E-state index in [0.717, 1.165) is 6.07 Å². The van der Waals surface area contributed by atoms with Crippen LogP contribution in [0, 0.1) is 28.0 Å². The molecule has 0 saturated carbocycles. The number of hydrogen-bond acceptors (Lipinski definition) is 7. The van der Waals surface area contributed by atoms with E-state index in [2.05, 4.69) is 15.0 Å². The fourth-order valence-electron chi connectivity index (χ4n) is 3.48. The largest absolute Gasteiger partial charge is 0.395 e. The summed E-state index contributed by atoms with van der Waals surface area (Å²) in [6.45, 7) is -0.254. The van der Waals surface area contributed by atoms with E-state index in [0.29, 0.717) is 17.7 Å². The number of pyridine rings is 1. The quantitative estimate of drug-likeness (QED) is 0.550. The Labute approximate surface area is 156 Å². The maximum absolute atomic E-state index is 13.5. The topological polar surface area (TPSA) is 142 Å². The lowest BCUT2D eigenvalue weighted by Crippen LogP contribution is -2.41. The van der Waals surface area contributed by atoms with Crippen LogP contribution in [-0.2, 0) is 14.7 Å². The summed E-state index contributed by atoms with van der Waals surface area (Å²) in [7, 11) is -1.69. The summed E-state index contributed by atoms with van der Waals surface area (Å²) in [5.74, 6) is -1.84. The second-order valence-corrected chi connectivity index (χ2v) is 8.36. The molecule has 1 amide bonds. The average Bonchev–Trinajstić information content (AvgIpc) is 2.89. The highest BCUT2D eigenvalue weighted by molar-refractivity contribution is 7.94. The molecule has 2 aliphatic heterocycles. The predicted octanol–water partition coefficient (Wildman–Crippen LogP) is 0.509. The molecular formula is C16H19FN6O3S. The number of amides is 1. The molecular weight excluding hydrogens is 375 g/mol. The van der Waals surface area contributed by atoms with E-state index in [1.54, 1.807) is 18.0 Å². The van der Waals surface area contributed by atoms with Crippen LogP contribution in [-0.4, -0.2) is 50.8 Å². The number of nitrogens with zero attached hydrogens (tertiary/aromatic N) is 3. The van der Waals surface area contributed by atoms with Gasteiger partial charge in [-0.05, 0) is 18.9 Å². The molecule has 3 heterocycles. The summed E-state index contributed by atoms with van der Waals surface area (Å²) in [5, 5.41) is 20.8. The van der Waals surface area contributed by atoms with Crippen LogP contribution < -0.4 is 10.0 Å². The van der Waals surface area contributed by atoms with Crippen LogP contribution in [0.3, 0.4) is 0 Å². The number of halogens is 1. The molecule has 9 nitrogen and oxygen atoms in total. The first-order chi connectivity index (χ1) is 12.7. The van der Waals surface area contributed by atoms with Crippen molar-refractivity contribution in [1.29, 1.82) is 10.0 Å². The zero-order valence-electron chi connectivity index (χ0n) is 14.5. The average molecular weight is 394 g/mol. The van der Waals surface area contributed by atoms with E-state index in [4.69, 9.17) is 10.0 Å². The number of rotatable bonds is 3. The molecule has 2 aliphatic rings. The van der Waals surface area contributed by atoms with Crippen molar-refractivity contribution in [3.8, 4) is 6.07 Å². The molecule has 0 bridgehead atoms. The number of carbonyl (C=O) groups is 1. The van der Waals surface area contributed by atoms with Crippen LogP contribution in [0.25, 0.3) is 0 Å². The standard InChI is InChI=1S/C16H19FN6O3S/c1-23-7-13-12(3-2-9(8-24)22-27(13,19)26)15(23)16(25)21-10-4-11(6-18)20-14(17)5-10/h4-5,7,9,12,15,24H,2-3,8H2,1H3,(H2,19,22,26)(H,20,21,25)/t9-,12?,15?,27?/m1/s1. The SMILES string of the molecule is CN1C=C2C(CC[C@H](CO)NS2(=N)=O)C1C(=O)Nc1cc(F)nc(C#N)c1. The van der Waals surface area contributed by atoms with Crippen molar-refractivity contribution < 1.29 is 18.5 Å². The van der Waals surface area contributed by atoms with Crippen molar-refractivity contribution >= 4 is 21.5 Å². The Kier molecular flexibility index (Phi) is 5.14. The maximum atomic E-state index is 13.5. The first kappa shape index (κ1) is 19.2. The first-order valence-electron chi connectivity index (χ1n) is 8.24. The molecule has 4 atom stereocenters. The molecule has 0 spiro atoms. The normalized spacial score (nSPS) is 30.1. The van der Waals surface area contributed by atoms with E-state index in [1.165, 1.54) is 12.3 Å². The number of nitrogens with one attached hydrogen (secondary N) is 3. The van der Waals surface area contributed by atoms with E-state index < -0.39 is 39.8 Å². The number of likely N-dealkylation sites (N-methyl/N-ethyl adjacent to an activating group) is 1. The number of aliphatic hydroxyl groups excluding tert-OH is 1. The van der Waals surface area contributed by atoms with Gasteiger partial charge in [0.05, 0.1) is 11.5 Å². The minimum absolute atomic E-state index is 0.0949. The van der Waals surface area contributed by atoms with E-state index in [-0.39, 0.29) is 18.0 Å². The lowest BCUT2D eigenvalue weighted by molar-refractivity contribution is -0.120.